The highest BCUT2D eigenvalue weighted by atomic mass is 16.5. The average molecular weight is 336 g/mol. The van der Waals surface area contributed by atoms with Crippen molar-refractivity contribution in [1.82, 2.24) is 0 Å². The third kappa shape index (κ3) is 3.27. The first kappa shape index (κ1) is 16.2. The number of nitrogens with zero attached hydrogens (tertiary/aromatic N) is 1. The quantitative estimate of drug-likeness (QED) is 0.919. The van der Waals surface area contributed by atoms with Crippen LogP contribution in [0.3, 0.4) is 0 Å². The van der Waals surface area contributed by atoms with Crippen molar-refractivity contribution in [3.8, 4) is 5.75 Å². The third-order valence-corrected chi connectivity index (χ3v) is 5.33. The van der Waals surface area contributed by atoms with Gasteiger partial charge >= 0.3 is 0 Å². The summed E-state index contributed by atoms with van der Waals surface area (Å²) >= 11 is 0. The van der Waals surface area contributed by atoms with E-state index in [9.17, 15) is 0 Å². The number of rotatable bonds is 3. The van der Waals surface area contributed by atoms with Gasteiger partial charge in [0.15, 0.2) is 0 Å². The van der Waals surface area contributed by atoms with Crippen molar-refractivity contribution in [2.24, 2.45) is 10.4 Å². The van der Waals surface area contributed by atoms with Crippen LogP contribution in [0.25, 0.3) is 0 Å². The second kappa shape index (κ2) is 6.89. The van der Waals surface area contributed by atoms with Crippen molar-refractivity contribution in [1.29, 1.82) is 0 Å². The van der Waals surface area contributed by atoms with Gasteiger partial charge in [-0.05, 0) is 48.6 Å². The summed E-state index contributed by atoms with van der Waals surface area (Å²) in [6, 6.07) is 16.7. The van der Waals surface area contributed by atoms with Crippen molar-refractivity contribution < 1.29 is 9.47 Å². The van der Waals surface area contributed by atoms with E-state index < -0.39 is 0 Å². The molecular formula is C21H24N2O2. The van der Waals surface area contributed by atoms with Crippen LogP contribution in [0.5, 0.6) is 5.75 Å². The van der Waals surface area contributed by atoms with Crippen LogP contribution in [0.15, 0.2) is 53.5 Å². The van der Waals surface area contributed by atoms with Gasteiger partial charge in [-0.2, -0.15) is 0 Å². The van der Waals surface area contributed by atoms with E-state index in [2.05, 4.69) is 41.7 Å². The molecule has 0 atom stereocenters. The lowest BCUT2D eigenvalue weighted by atomic mass is 9.71. The predicted octanol–water partition coefficient (Wildman–Crippen LogP) is 4.06. The first-order chi connectivity index (χ1) is 12.3. The fraction of sp³-hybridized carbons (Fsp3) is 0.381. The number of para-hydroxylation sites is 1. The van der Waals surface area contributed by atoms with E-state index in [1.165, 1.54) is 16.8 Å². The van der Waals surface area contributed by atoms with E-state index in [-0.39, 0.29) is 5.41 Å². The van der Waals surface area contributed by atoms with E-state index in [0.29, 0.717) is 6.54 Å². The molecule has 1 saturated heterocycles. The number of aliphatic imine (C=N–C) groups is 1. The van der Waals surface area contributed by atoms with Gasteiger partial charge in [-0.25, -0.2) is 0 Å². The van der Waals surface area contributed by atoms with Crippen molar-refractivity contribution in [3.05, 3.63) is 59.7 Å². The Bertz CT molecular complexity index is 762. The molecule has 0 saturated carbocycles. The van der Waals surface area contributed by atoms with Crippen LogP contribution in [0.2, 0.25) is 0 Å². The first-order valence-corrected chi connectivity index (χ1v) is 8.90. The van der Waals surface area contributed by atoms with Gasteiger partial charge in [0.1, 0.15) is 11.6 Å². The number of fused-ring (bicyclic) bond motifs is 1. The molecule has 2 aliphatic rings. The number of anilines is 1. The third-order valence-electron chi connectivity index (χ3n) is 5.33. The van der Waals surface area contributed by atoms with Gasteiger partial charge < -0.3 is 14.8 Å². The van der Waals surface area contributed by atoms with Crippen LogP contribution in [-0.4, -0.2) is 26.2 Å². The van der Waals surface area contributed by atoms with Gasteiger partial charge in [0.2, 0.25) is 0 Å². The summed E-state index contributed by atoms with van der Waals surface area (Å²) in [5, 5.41) is 3.62. The lowest BCUT2D eigenvalue weighted by Crippen LogP contribution is -2.45. The van der Waals surface area contributed by atoms with Gasteiger partial charge in [0.25, 0.3) is 0 Å². The van der Waals surface area contributed by atoms with Crippen LogP contribution in [0.4, 0.5) is 5.69 Å². The summed E-state index contributed by atoms with van der Waals surface area (Å²) in [6.07, 6.45) is 3.09. The smallest absolute Gasteiger partial charge is 0.118 e. The number of nitrogens with one attached hydrogen (secondary N) is 1. The molecule has 4 rings (SSSR count). The normalized spacial score (nSPS) is 20.1. The summed E-state index contributed by atoms with van der Waals surface area (Å²) < 4.78 is 10.9. The number of methoxy groups -OCH3 is 1. The van der Waals surface area contributed by atoms with E-state index in [1.807, 2.05) is 12.1 Å². The molecule has 2 heterocycles. The molecule has 2 aromatic rings. The molecule has 130 valence electrons. The Morgan fingerprint density at radius 2 is 1.84 bits per heavy atom. The lowest BCUT2D eigenvalue weighted by Gasteiger charge is -2.42. The largest absolute Gasteiger partial charge is 0.497 e. The van der Waals surface area contributed by atoms with Gasteiger partial charge in [0, 0.05) is 24.3 Å². The molecule has 1 N–H and O–H groups in total. The molecule has 1 spiro atoms. The maximum atomic E-state index is 5.62. The molecule has 1 fully saturated rings. The zero-order valence-electron chi connectivity index (χ0n) is 14.6. The van der Waals surface area contributed by atoms with Gasteiger partial charge in [-0.3, -0.25) is 4.99 Å². The van der Waals surface area contributed by atoms with Gasteiger partial charge in [-0.1, -0.05) is 30.3 Å². The molecular weight excluding hydrogens is 312 g/mol. The molecule has 2 aromatic carbocycles. The van der Waals surface area contributed by atoms with Crippen molar-refractivity contribution >= 4 is 11.5 Å². The molecule has 0 amide bonds. The van der Waals surface area contributed by atoms with Crippen molar-refractivity contribution in [2.75, 3.05) is 25.6 Å². The standard InChI is InChI=1S/C21H24N2O2/c1-24-18-8-6-16(7-9-18)15-22-20-21(10-12-25-13-11-21)14-17-4-2-3-5-19(17)23-20/h2-9H,10-15H2,1H3,(H,22,23). The fourth-order valence-corrected chi connectivity index (χ4v) is 3.79. The highest BCUT2D eigenvalue weighted by Crippen LogP contribution is 2.41. The minimum atomic E-state index is 0.0824. The SMILES string of the molecule is COc1ccc(CN=C2Nc3ccccc3CC23CCOCC3)cc1. The Labute approximate surface area is 148 Å². The highest BCUT2D eigenvalue weighted by molar-refractivity contribution is 6.02. The van der Waals surface area contributed by atoms with Gasteiger partial charge in [0.05, 0.1) is 13.7 Å². The summed E-state index contributed by atoms with van der Waals surface area (Å²) in [5.41, 5.74) is 3.84. The fourth-order valence-electron chi connectivity index (χ4n) is 3.79. The zero-order chi connectivity index (χ0) is 17.1. The van der Waals surface area contributed by atoms with Crippen LogP contribution >= 0.6 is 0 Å². The summed E-state index contributed by atoms with van der Waals surface area (Å²) in [6.45, 7) is 2.30. The lowest BCUT2D eigenvalue weighted by molar-refractivity contribution is 0.0448. The summed E-state index contributed by atoms with van der Waals surface area (Å²) in [5.74, 6) is 1.99. The number of hydrogen-bond acceptors (Lipinski definition) is 3. The van der Waals surface area contributed by atoms with E-state index in [4.69, 9.17) is 14.5 Å². The Hall–Kier alpha value is -2.33. The molecule has 0 aromatic heterocycles. The predicted molar refractivity (Wildman–Crippen MR) is 100 cm³/mol. The first-order valence-electron chi connectivity index (χ1n) is 8.90. The number of amidine groups is 1. The number of hydrogen-bond donors (Lipinski definition) is 1. The Kier molecular flexibility index (Phi) is 4.45. The number of ether oxygens (including phenoxy) is 2. The zero-order valence-corrected chi connectivity index (χ0v) is 14.6. The maximum absolute atomic E-state index is 5.62. The van der Waals surface area contributed by atoms with E-state index in [1.54, 1.807) is 7.11 Å². The van der Waals surface area contributed by atoms with Crippen molar-refractivity contribution in [2.45, 2.75) is 25.8 Å². The minimum Gasteiger partial charge on any atom is -0.497 e. The Morgan fingerprint density at radius 3 is 2.60 bits per heavy atom. The highest BCUT2D eigenvalue weighted by Gasteiger charge is 2.41. The maximum Gasteiger partial charge on any atom is 0.118 e. The van der Waals surface area contributed by atoms with Gasteiger partial charge in [-0.15, -0.1) is 0 Å². The molecule has 2 aliphatic heterocycles. The monoisotopic (exact) mass is 336 g/mol. The molecule has 0 bridgehead atoms. The van der Waals surface area contributed by atoms with Crippen LogP contribution < -0.4 is 10.1 Å². The topological polar surface area (TPSA) is 42.8 Å². The second-order valence-electron chi connectivity index (χ2n) is 6.86. The molecule has 4 nitrogen and oxygen atoms in total. The van der Waals surface area contributed by atoms with E-state index >= 15 is 0 Å². The van der Waals surface area contributed by atoms with E-state index in [0.717, 1.165) is 44.1 Å². The summed E-state index contributed by atoms with van der Waals surface area (Å²) in [4.78, 5) is 4.99. The summed E-state index contributed by atoms with van der Waals surface area (Å²) in [7, 11) is 1.69. The molecule has 0 aliphatic carbocycles. The van der Waals surface area contributed by atoms with Crippen molar-refractivity contribution in [3.63, 3.8) is 0 Å². The second-order valence-corrected chi connectivity index (χ2v) is 6.86. The van der Waals surface area contributed by atoms with Crippen LogP contribution in [0, 0.1) is 5.41 Å². The van der Waals surface area contributed by atoms with Crippen LogP contribution in [0.1, 0.15) is 24.0 Å². The molecule has 0 unspecified atom stereocenters. The molecule has 4 heteroatoms. The molecule has 0 radical (unpaired) electrons. The minimum absolute atomic E-state index is 0.0824. The van der Waals surface area contributed by atoms with Crippen LogP contribution in [-0.2, 0) is 17.7 Å². The Morgan fingerprint density at radius 1 is 1.08 bits per heavy atom. The molecule has 25 heavy (non-hydrogen) atoms. The Balaban J connectivity index is 1.62. The average Bonchev–Trinajstić information content (AvgIpc) is 2.67. The number of benzene rings is 2.